The molecule has 0 saturated carbocycles. The van der Waals surface area contributed by atoms with Gasteiger partial charge in [0.05, 0.1) is 11.7 Å². The molecular formula is C17H14FN5S. The van der Waals surface area contributed by atoms with Crippen LogP contribution in [0.4, 0.5) is 4.39 Å². The van der Waals surface area contributed by atoms with Gasteiger partial charge in [-0.05, 0) is 29.8 Å². The van der Waals surface area contributed by atoms with Crippen molar-refractivity contribution in [3.8, 4) is 0 Å². The van der Waals surface area contributed by atoms with Crippen molar-refractivity contribution in [3.05, 3.63) is 82.8 Å². The molecule has 0 radical (unpaired) electrons. The summed E-state index contributed by atoms with van der Waals surface area (Å²) >= 11 is 1.44. The largest absolute Gasteiger partial charge is 0.318 e. The Balaban J connectivity index is 1.65. The number of hydrogen-bond donors (Lipinski definition) is 2. The van der Waals surface area contributed by atoms with Crippen LogP contribution in [0.2, 0.25) is 0 Å². The number of hydrogen-bond acceptors (Lipinski definition) is 5. The van der Waals surface area contributed by atoms with E-state index in [0.29, 0.717) is 11.0 Å². The molecule has 0 saturated heterocycles. The van der Waals surface area contributed by atoms with E-state index in [0.717, 1.165) is 16.8 Å². The van der Waals surface area contributed by atoms with Crippen molar-refractivity contribution >= 4 is 17.5 Å². The van der Waals surface area contributed by atoms with Crippen molar-refractivity contribution in [1.29, 1.82) is 0 Å². The van der Waals surface area contributed by atoms with Crippen LogP contribution < -0.4 is 11.2 Å². The van der Waals surface area contributed by atoms with E-state index in [4.69, 9.17) is 5.73 Å². The van der Waals surface area contributed by atoms with E-state index in [9.17, 15) is 4.39 Å². The van der Waals surface area contributed by atoms with Gasteiger partial charge in [-0.1, -0.05) is 42.1 Å². The SMILES string of the molecule is N[C@H](c1ccccc1)c1nnc2n1NC(c1ccc(F)cc1)=CS2. The molecule has 0 aliphatic carbocycles. The Labute approximate surface area is 142 Å². The molecule has 120 valence electrons. The fourth-order valence-electron chi connectivity index (χ4n) is 2.49. The standard InChI is InChI=1S/C17H14FN5S/c18-13-8-6-11(7-9-13)14-10-24-17-21-20-16(23(17)22-14)15(19)12-4-2-1-3-5-12/h1-10,15,22H,19H2/t15-/m1/s1. The highest BCUT2D eigenvalue weighted by molar-refractivity contribution is 8.02. The molecular weight excluding hydrogens is 325 g/mol. The van der Waals surface area contributed by atoms with Gasteiger partial charge in [-0.2, -0.15) is 0 Å². The van der Waals surface area contributed by atoms with E-state index >= 15 is 0 Å². The third-order valence-corrected chi connectivity index (χ3v) is 4.59. The summed E-state index contributed by atoms with van der Waals surface area (Å²) in [5, 5.41) is 11.0. The van der Waals surface area contributed by atoms with Crippen LogP contribution in [0.1, 0.15) is 23.0 Å². The molecule has 0 bridgehead atoms. The molecule has 0 fully saturated rings. The van der Waals surface area contributed by atoms with Crippen LogP contribution in [0.15, 0.2) is 65.2 Å². The molecule has 3 N–H and O–H groups in total. The first kappa shape index (κ1) is 14.9. The monoisotopic (exact) mass is 339 g/mol. The molecule has 0 unspecified atom stereocenters. The molecule has 3 aromatic rings. The molecule has 1 aromatic heterocycles. The highest BCUT2D eigenvalue weighted by atomic mass is 32.2. The van der Waals surface area contributed by atoms with E-state index in [1.165, 1.54) is 23.9 Å². The Hall–Kier alpha value is -2.64. The third kappa shape index (κ3) is 2.68. The fourth-order valence-corrected chi connectivity index (χ4v) is 3.24. The van der Waals surface area contributed by atoms with Gasteiger partial charge in [0.25, 0.3) is 0 Å². The summed E-state index contributed by atoms with van der Waals surface area (Å²) in [5.74, 6) is 0.357. The Morgan fingerprint density at radius 2 is 1.79 bits per heavy atom. The van der Waals surface area contributed by atoms with Gasteiger partial charge in [-0.15, -0.1) is 10.2 Å². The van der Waals surface area contributed by atoms with Crippen molar-refractivity contribution in [2.45, 2.75) is 11.2 Å². The molecule has 1 aliphatic rings. The lowest BCUT2D eigenvalue weighted by atomic mass is 10.1. The maximum atomic E-state index is 13.1. The third-order valence-electron chi connectivity index (χ3n) is 3.76. The van der Waals surface area contributed by atoms with Gasteiger partial charge in [0.2, 0.25) is 5.16 Å². The van der Waals surface area contributed by atoms with Crippen LogP contribution in [0, 0.1) is 5.82 Å². The van der Waals surface area contributed by atoms with Crippen LogP contribution in [0.25, 0.3) is 5.70 Å². The molecule has 1 atom stereocenters. The summed E-state index contributed by atoms with van der Waals surface area (Å²) < 4.78 is 14.9. The molecule has 2 aromatic carbocycles. The molecule has 0 spiro atoms. The van der Waals surface area contributed by atoms with E-state index in [1.54, 1.807) is 16.8 Å². The topological polar surface area (TPSA) is 68.8 Å². The molecule has 4 rings (SSSR count). The van der Waals surface area contributed by atoms with Gasteiger partial charge in [0.1, 0.15) is 5.82 Å². The highest BCUT2D eigenvalue weighted by Crippen LogP contribution is 2.30. The molecule has 2 heterocycles. The fraction of sp³-hybridized carbons (Fsp3) is 0.0588. The van der Waals surface area contributed by atoms with Gasteiger partial charge in [0, 0.05) is 11.0 Å². The first-order valence-electron chi connectivity index (χ1n) is 7.38. The average molecular weight is 339 g/mol. The van der Waals surface area contributed by atoms with Crippen LogP contribution >= 0.6 is 11.8 Å². The smallest absolute Gasteiger partial charge is 0.214 e. The minimum atomic E-state index is -0.395. The van der Waals surface area contributed by atoms with Gasteiger partial charge < -0.3 is 5.73 Å². The zero-order valence-electron chi connectivity index (χ0n) is 12.6. The summed E-state index contributed by atoms with van der Waals surface area (Å²) in [7, 11) is 0. The Bertz CT molecular complexity index is 889. The zero-order valence-corrected chi connectivity index (χ0v) is 13.4. The minimum absolute atomic E-state index is 0.264. The number of nitrogens with zero attached hydrogens (tertiary/aromatic N) is 3. The first-order valence-corrected chi connectivity index (χ1v) is 8.26. The quantitative estimate of drug-likeness (QED) is 0.767. The van der Waals surface area contributed by atoms with E-state index in [-0.39, 0.29) is 5.82 Å². The Kier molecular flexibility index (Phi) is 3.79. The molecule has 7 heteroatoms. The second kappa shape index (κ2) is 6.10. The predicted molar refractivity (Wildman–Crippen MR) is 92.1 cm³/mol. The molecule has 0 amide bonds. The van der Waals surface area contributed by atoms with Crippen LogP contribution in [0.3, 0.4) is 0 Å². The number of nitrogens with one attached hydrogen (secondary N) is 1. The van der Waals surface area contributed by atoms with Crippen LogP contribution in [0.5, 0.6) is 0 Å². The lowest BCUT2D eigenvalue weighted by Gasteiger charge is -2.21. The number of fused-ring (bicyclic) bond motifs is 1. The maximum absolute atomic E-state index is 13.1. The first-order chi connectivity index (χ1) is 11.7. The summed E-state index contributed by atoms with van der Waals surface area (Å²) in [5.41, 5.74) is 12.3. The number of benzene rings is 2. The van der Waals surface area contributed by atoms with Crippen LogP contribution in [-0.4, -0.2) is 14.9 Å². The summed E-state index contributed by atoms with van der Waals surface area (Å²) in [6.07, 6.45) is 0. The van der Waals surface area contributed by atoms with Crippen molar-refractivity contribution in [3.63, 3.8) is 0 Å². The van der Waals surface area contributed by atoms with E-state index in [2.05, 4.69) is 15.6 Å². The second-order valence-electron chi connectivity index (χ2n) is 5.33. The lowest BCUT2D eigenvalue weighted by molar-refractivity contribution is 0.627. The van der Waals surface area contributed by atoms with Gasteiger partial charge in [-0.3, -0.25) is 5.43 Å². The normalized spacial score (nSPS) is 14.5. The Morgan fingerprint density at radius 1 is 1.04 bits per heavy atom. The molecule has 1 aliphatic heterocycles. The van der Waals surface area contributed by atoms with E-state index in [1.807, 2.05) is 35.7 Å². The molecule has 5 nitrogen and oxygen atoms in total. The van der Waals surface area contributed by atoms with Crippen molar-refractivity contribution in [2.75, 3.05) is 5.43 Å². The van der Waals surface area contributed by atoms with Gasteiger partial charge in [-0.25, -0.2) is 9.07 Å². The number of nitrogens with two attached hydrogens (primary N) is 1. The van der Waals surface area contributed by atoms with E-state index < -0.39 is 6.04 Å². The number of aromatic nitrogens is 3. The number of halogens is 1. The molecule has 24 heavy (non-hydrogen) atoms. The van der Waals surface area contributed by atoms with Crippen LogP contribution in [-0.2, 0) is 0 Å². The van der Waals surface area contributed by atoms with Crippen molar-refractivity contribution in [2.24, 2.45) is 5.73 Å². The van der Waals surface area contributed by atoms with Gasteiger partial charge in [0.15, 0.2) is 5.82 Å². The average Bonchev–Trinajstić information content (AvgIpc) is 3.05. The summed E-state index contributed by atoms with van der Waals surface area (Å²) in [6, 6.07) is 15.7. The zero-order chi connectivity index (χ0) is 16.5. The second-order valence-corrected chi connectivity index (χ2v) is 6.17. The highest BCUT2D eigenvalue weighted by Gasteiger charge is 2.23. The van der Waals surface area contributed by atoms with Gasteiger partial charge >= 0.3 is 0 Å². The maximum Gasteiger partial charge on any atom is 0.214 e. The summed E-state index contributed by atoms with van der Waals surface area (Å²) in [4.78, 5) is 0. The van der Waals surface area contributed by atoms with Crippen molar-refractivity contribution in [1.82, 2.24) is 14.9 Å². The van der Waals surface area contributed by atoms with Crippen molar-refractivity contribution < 1.29 is 4.39 Å². The number of thioether (sulfide) groups is 1. The number of rotatable bonds is 3. The Morgan fingerprint density at radius 3 is 2.54 bits per heavy atom. The predicted octanol–water partition coefficient (Wildman–Crippen LogP) is 3.11. The lowest BCUT2D eigenvalue weighted by Crippen LogP contribution is -2.25. The summed E-state index contributed by atoms with van der Waals surface area (Å²) in [6.45, 7) is 0. The minimum Gasteiger partial charge on any atom is -0.318 e.